The van der Waals surface area contributed by atoms with Gasteiger partial charge in [0.25, 0.3) is 0 Å². The van der Waals surface area contributed by atoms with Gasteiger partial charge in [-0.05, 0) is 103 Å². The Bertz CT molecular complexity index is 2780. The molecule has 0 saturated carbocycles. The molecule has 0 N–H and O–H groups in total. The molecule has 0 unspecified atom stereocenters. The summed E-state index contributed by atoms with van der Waals surface area (Å²) in [5.74, 6) is 1.64. The minimum Gasteiger partial charge on any atom is -0.275 e. The van der Waals surface area contributed by atoms with Crippen molar-refractivity contribution in [3.05, 3.63) is 173 Å². The van der Waals surface area contributed by atoms with E-state index in [9.17, 15) is 0 Å². The fourth-order valence-electron chi connectivity index (χ4n) is 8.68. The van der Waals surface area contributed by atoms with Gasteiger partial charge in [-0.1, -0.05) is 153 Å². The highest BCUT2D eigenvalue weighted by atomic mass is 15.3. The predicted molar refractivity (Wildman–Crippen MR) is 216 cm³/mol. The number of nitrogens with zero attached hydrogens (tertiary/aromatic N) is 3. The zero-order valence-electron chi connectivity index (χ0n) is 29.3. The predicted octanol–water partition coefficient (Wildman–Crippen LogP) is 10.7. The highest BCUT2D eigenvalue weighted by Gasteiger charge is 2.36. The van der Waals surface area contributed by atoms with Gasteiger partial charge in [-0.25, -0.2) is 0 Å². The van der Waals surface area contributed by atoms with E-state index in [-0.39, 0.29) is 5.41 Å². The van der Waals surface area contributed by atoms with Gasteiger partial charge in [0, 0.05) is 22.2 Å². The number of rotatable bonds is 5. The summed E-state index contributed by atoms with van der Waals surface area (Å²) < 4.78 is 2.17. The SMILES string of the molecule is CC1(C)c2ccccc2-c2cc3c(-c4ccccc4)c4c(c(-c5ccc(-c6nnc(-c7ccccc7)n6-c6ccccc6)cc5)c3cc21)=CCCC=4. The summed E-state index contributed by atoms with van der Waals surface area (Å²) >= 11 is 0. The van der Waals surface area contributed by atoms with Crippen LogP contribution in [0.2, 0.25) is 0 Å². The first-order valence-electron chi connectivity index (χ1n) is 18.2. The maximum atomic E-state index is 4.78. The molecule has 52 heavy (non-hydrogen) atoms. The lowest BCUT2D eigenvalue weighted by atomic mass is 9.79. The van der Waals surface area contributed by atoms with Gasteiger partial charge in [0.15, 0.2) is 11.6 Å². The summed E-state index contributed by atoms with van der Waals surface area (Å²) in [5.41, 5.74) is 13.6. The number of aromatic nitrogens is 3. The van der Waals surface area contributed by atoms with Gasteiger partial charge in [-0.2, -0.15) is 0 Å². The first-order valence-corrected chi connectivity index (χ1v) is 18.2. The summed E-state index contributed by atoms with van der Waals surface area (Å²) in [6.45, 7) is 4.75. The van der Waals surface area contributed by atoms with Crippen LogP contribution in [0.4, 0.5) is 0 Å². The van der Waals surface area contributed by atoms with Crippen molar-refractivity contribution in [1.29, 1.82) is 0 Å². The largest absolute Gasteiger partial charge is 0.275 e. The quantitative estimate of drug-likeness (QED) is 0.183. The van der Waals surface area contributed by atoms with Crippen LogP contribution in [-0.4, -0.2) is 14.8 Å². The van der Waals surface area contributed by atoms with E-state index in [1.165, 1.54) is 65.7 Å². The summed E-state index contributed by atoms with van der Waals surface area (Å²) in [7, 11) is 0. The van der Waals surface area contributed by atoms with Crippen LogP contribution < -0.4 is 10.4 Å². The Hall–Kier alpha value is -6.32. The Kier molecular flexibility index (Phi) is 6.97. The summed E-state index contributed by atoms with van der Waals surface area (Å²) in [6.07, 6.45) is 7.00. The molecular weight excluding hydrogens is 631 g/mol. The minimum atomic E-state index is -0.0993. The van der Waals surface area contributed by atoms with E-state index in [1.54, 1.807) is 0 Å². The van der Waals surface area contributed by atoms with Gasteiger partial charge in [0.2, 0.25) is 0 Å². The molecule has 10 rings (SSSR count). The molecule has 0 aliphatic heterocycles. The highest BCUT2D eigenvalue weighted by Crippen LogP contribution is 2.51. The highest BCUT2D eigenvalue weighted by molar-refractivity contribution is 6.09. The summed E-state index contributed by atoms with van der Waals surface area (Å²) in [5, 5.41) is 14.8. The van der Waals surface area contributed by atoms with E-state index < -0.39 is 0 Å². The second-order valence-corrected chi connectivity index (χ2v) is 14.5. The topological polar surface area (TPSA) is 30.7 Å². The third-order valence-electron chi connectivity index (χ3n) is 11.2. The van der Waals surface area contributed by atoms with Crippen molar-refractivity contribution in [3.63, 3.8) is 0 Å². The molecule has 0 spiro atoms. The van der Waals surface area contributed by atoms with Crippen molar-refractivity contribution < 1.29 is 0 Å². The molecule has 8 aromatic rings. The molecule has 2 aliphatic carbocycles. The van der Waals surface area contributed by atoms with Crippen molar-refractivity contribution in [3.8, 4) is 61.8 Å². The zero-order chi connectivity index (χ0) is 34.8. The first-order chi connectivity index (χ1) is 25.6. The normalized spacial score (nSPS) is 13.9. The molecular formula is C49H37N3. The number of benzene rings is 7. The number of hydrogen-bond acceptors (Lipinski definition) is 2. The molecule has 0 bridgehead atoms. The van der Waals surface area contributed by atoms with Crippen molar-refractivity contribution in [2.24, 2.45) is 0 Å². The lowest BCUT2D eigenvalue weighted by molar-refractivity contribution is 0.661. The Labute approximate surface area is 303 Å². The van der Waals surface area contributed by atoms with E-state index in [0.29, 0.717) is 0 Å². The monoisotopic (exact) mass is 667 g/mol. The van der Waals surface area contributed by atoms with E-state index in [0.717, 1.165) is 41.3 Å². The van der Waals surface area contributed by atoms with Crippen molar-refractivity contribution in [2.75, 3.05) is 0 Å². The van der Waals surface area contributed by atoms with Crippen LogP contribution in [0.5, 0.6) is 0 Å². The number of hydrogen-bond donors (Lipinski definition) is 0. The molecule has 0 atom stereocenters. The number of para-hydroxylation sites is 1. The number of fused-ring (bicyclic) bond motifs is 5. The lowest BCUT2D eigenvalue weighted by Crippen LogP contribution is -2.31. The summed E-state index contributed by atoms with van der Waals surface area (Å²) in [4.78, 5) is 0. The van der Waals surface area contributed by atoms with Crippen LogP contribution in [-0.2, 0) is 5.41 Å². The van der Waals surface area contributed by atoms with E-state index in [1.807, 2.05) is 24.3 Å². The van der Waals surface area contributed by atoms with Crippen molar-refractivity contribution >= 4 is 22.9 Å². The second-order valence-electron chi connectivity index (χ2n) is 14.5. The Morgan fingerprint density at radius 2 is 0.942 bits per heavy atom. The first kappa shape index (κ1) is 30.5. The van der Waals surface area contributed by atoms with E-state index in [4.69, 9.17) is 10.2 Å². The van der Waals surface area contributed by atoms with Crippen LogP contribution in [0.25, 0.3) is 84.8 Å². The van der Waals surface area contributed by atoms with Crippen LogP contribution in [0.1, 0.15) is 37.8 Å². The van der Waals surface area contributed by atoms with E-state index >= 15 is 0 Å². The van der Waals surface area contributed by atoms with Crippen molar-refractivity contribution in [2.45, 2.75) is 32.1 Å². The molecule has 0 radical (unpaired) electrons. The Balaban J connectivity index is 1.22. The minimum absolute atomic E-state index is 0.0993. The molecule has 0 fully saturated rings. The zero-order valence-corrected chi connectivity index (χ0v) is 29.3. The Morgan fingerprint density at radius 3 is 1.58 bits per heavy atom. The maximum Gasteiger partial charge on any atom is 0.168 e. The van der Waals surface area contributed by atoms with Crippen LogP contribution in [0.3, 0.4) is 0 Å². The average Bonchev–Trinajstić information content (AvgIpc) is 3.74. The van der Waals surface area contributed by atoms with Crippen LogP contribution >= 0.6 is 0 Å². The van der Waals surface area contributed by atoms with Crippen molar-refractivity contribution in [1.82, 2.24) is 14.8 Å². The van der Waals surface area contributed by atoms with Gasteiger partial charge in [-0.15, -0.1) is 10.2 Å². The van der Waals surface area contributed by atoms with Gasteiger partial charge in [0.05, 0.1) is 0 Å². The van der Waals surface area contributed by atoms with Gasteiger partial charge < -0.3 is 0 Å². The molecule has 3 nitrogen and oxygen atoms in total. The molecule has 0 amide bonds. The molecule has 1 heterocycles. The van der Waals surface area contributed by atoms with Gasteiger partial charge >= 0.3 is 0 Å². The molecule has 0 saturated heterocycles. The Morgan fingerprint density at radius 1 is 0.462 bits per heavy atom. The third-order valence-corrected chi connectivity index (χ3v) is 11.2. The molecule has 1 aromatic heterocycles. The van der Waals surface area contributed by atoms with Gasteiger partial charge in [-0.3, -0.25) is 4.57 Å². The van der Waals surface area contributed by atoms with E-state index in [2.05, 4.69) is 158 Å². The van der Waals surface area contributed by atoms with Crippen LogP contribution in [0, 0.1) is 0 Å². The summed E-state index contributed by atoms with van der Waals surface area (Å²) in [6, 6.07) is 54.7. The second kappa shape index (κ2) is 11.9. The van der Waals surface area contributed by atoms with Crippen LogP contribution in [0.15, 0.2) is 152 Å². The molecule has 2 aliphatic rings. The molecule has 7 aromatic carbocycles. The van der Waals surface area contributed by atoms with Gasteiger partial charge in [0.1, 0.15) is 0 Å². The lowest BCUT2D eigenvalue weighted by Gasteiger charge is -2.23. The fraction of sp³-hybridized carbons (Fsp3) is 0.102. The standard InChI is InChI=1S/C49H37N3/c1-49(2)43-25-15-14-22-37(43)40-30-41-42(31-44(40)49)46(39-24-13-12-23-38(39)45(41)32-16-6-3-7-17-32)33-26-28-35(29-27-33)48-51-50-47(34-18-8-4-9-19-34)52(48)36-20-10-5-11-21-36/h3-11,14-31H,12-13H2,1-2H3. The maximum absolute atomic E-state index is 4.78. The molecule has 3 heteroatoms. The molecule has 248 valence electrons. The fourth-order valence-corrected chi connectivity index (χ4v) is 8.68. The smallest absolute Gasteiger partial charge is 0.168 e. The average molecular weight is 668 g/mol. The third kappa shape index (κ3) is 4.66.